The Morgan fingerprint density at radius 2 is 2.17 bits per heavy atom. The number of anilines is 1. The molecule has 0 saturated carbocycles. The molecule has 1 amide bonds. The fraction of sp³-hybridized carbons (Fsp3) is 0.600. The van der Waals surface area contributed by atoms with Crippen molar-refractivity contribution in [3.63, 3.8) is 0 Å². The summed E-state index contributed by atoms with van der Waals surface area (Å²) >= 11 is 7.07. The van der Waals surface area contributed by atoms with Crippen LogP contribution in [0.15, 0.2) is 11.2 Å². The zero-order valence-electron chi connectivity index (χ0n) is 13.7. The first-order valence-corrected chi connectivity index (χ1v) is 9.20. The van der Waals surface area contributed by atoms with Crippen LogP contribution in [0.3, 0.4) is 0 Å². The fourth-order valence-electron chi connectivity index (χ4n) is 2.63. The molecule has 1 aromatic rings. The van der Waals surface area contributed by atoms with E-state index in [0.29, 0.717) is 37.0 Å². The van der Waals surface area contributed by atoms with Gasteiger partial charge in [0.15, 0.2) is 5.16 Å². The molecule has 7 nitrogen and oxygen atoms in total. The van der Waals surface area contributed by atoms with E-state index in [1.54, 1.807) is 6.07 Å². The van der Waals surface area contributed by atoms with E-state index in [9.17, 15) is 9.59 Å². The highest BCUT2D eigenvalue weighted by atomic mass is 35.5. The molecular formula is C15H21ClN4O3S. The Morgan fingerprint density at radius 1 is 1.42 bits per heavy atom. The summed E-state index contributed by atoms with van der Waals surface area (Å²) < 4.78 is 0. The van der Waals surface area contributed by atoms with Crippen LogP contribution in [0.1, 0.15) is 26.7 Å². The van der Waals surface area contributed by atoms with Gasteiger partial charge in [-0.05, 0) is 13.3 Å². The van der Waals surface area contributed by atoms with Crippen LogP contribution in [0.2, 0.25) is 5.15 Å². The van der Waals surface area contributed by atoms with Gasteiger partial charge in [0.1, 0.15) is 11.0 Å². The van der Waals surface area contributed by atoms with Gasteiger partial charge in [-0.1, -0.05) is 30.3 Å². The second-order valence-corrected chi connectivity index (χ2v) is 6.98. The Labute approximate surface area is 150 Å². The molecule has 0 radical (unpaired) electrons. The van der Waals surface area contributed by atoms with E-state index in [1.165, 1.54) is 0 Å². The number of hydrogen-bond acceptors (Lipinski definition) is 6. The van der Waals surface area contributed by atoms with Gasteiger partial charge in [-0.25, -0.2) is 9.97 Å². The Bertz CT molecular complexity index is 616. The molecule has 9 heteroatoms. The Balaban J connectivity index is 2.07. The van der Waals surface area contributed by atoms with Crippen LogP contribution < -0.4 is 4.90 Å². The summed E-state index contributed by atoms with van der Waals surface area (Å²) in [4.78, 5) is 35.2. The summed E-state index contributed by atoms with van der Waals surface area (Å²) in [6.07, 6.45) is 1.41. The van der Waals surface area contributed by atoms with Gasteiger partial charge in [0.05, 0.1) is 5.75 Å². The van der Waals surface area contributed by atoms with Crippen LogP contribution in [-0.2, 0) is 9.59 Å². The molecule has 132 valence electrons. The van der Waals surface area contributed by atoms with E-state index in [0.717, 1.165) is 18.2 Å². The number of carboxylic acids is 1. The largest absolute Gasteiger partial charge is 0.481 e. The highest BCUT2D eigenvalue weighted by Crippen LogP contribution is 2.24. The number of aliphatic carboxylic acids is 1. The quantitative estimate of drug-likeness (QED) is 0.465. The van der Waals surface area contributed by atoms with Crippen LogP contribution in [-0.4, -0.2) is 63.3 Å². The van der Waals surface area contributed by atoms with E-state index in [2.05, 4.69) is 14.9 Å². The maximum atomic E-state index is 12.1. The lowest BCUT2D eigenvalue weighted by Gasteiger charge is -2.40. The number of amides is 1. The van der Waals surface area contributed by atoms with Crippen molar-refractivity contribution < 1.29 is 14.7 Å². The molecule has 1 fully saturated rings. The molecule has 1 atom stereocenters. The maximum Gasteiger partial charge on any atom is 0.313 e. The number of nitrogens with zero attached hydrogens (tertiary/aromatic N) is 4. The molecule has 0 aliphatic carbocycles. The minimum Gasteiger partial charge on any atom is -0.481 e. The van der Waals surface area contributed by atoms with Gasteiger partial charge < -0.3 is 14.9 Å². The van der Waals surface area contributed by atoms with Crippen molar-refractivity contribution in [3.05, 3.63) is 11.2 Å². The SMILES string of the molecule is CCCC(=O)N1CCN(c2cc(Cl)nc(SCC(=O)O)n2)C[C@H]1C. The highest BCUT2D eigenvalue weighted by molar-refractivity contribution is 7.99. The summed E-state index contributed by atoms with van der Waals surface area (Å²) in [5, 5.41) is 9.39. The van der Waals surface area contributed by atoms with Gasteiger partial charge in [-0.15, -0.1) is 0 Å². The van der Waals surface area contributed by atoms with Crippen molar-refractivity contribution in [3.8, 4) is 0 Å². The molecule has 1 aliphatic heterocycles. The number of thioether (sulfide) groups is 1. The maximum absolute atomic E-state index is 12.1. The Morgan fingerprint density at radius 3 is 2.79 bits per heavy atom. The summed E-state index contributed by atoms with van der Waals surface area (Å²) in [6.45, 7) is 5.97. The molecule has 2 heterocycles. The van der Waals surface area contributed by atoms with Crippen molar-refractivity contribution in [1.82, 2.24) is 14.9 Å². The lowest BCUT2D eigenvalue weighted by molar-refractivity contribution is -0.134. The topological polar surface area (TPSA) is 86.6 Å². The number of aromatic nitrogens is 2. The van der Waals surface area contributed by atoms with E-state index in [-0.39, 0.29) is 22.9 Å². The molecular weight excluding hydrogens is 352 g/mol. The van der Waals surface area contributed by atoms with Crippen molar-refractivity contribution in [2.24, 2.45) is 0 Å². The highest BCUT2D eigenvalue weighted by Gasteiger charge is 2.27. The zero-order valence-corrected chi connectivity index (χ0v) is 15.3. The monoisotopic (exact) mass is 372 g/mol. The first-order chi connectivity index (χ1) is 11.4. The average Bonchev–Trinajstić information content (AvgIpc) is 2.52. The van der Waals surface area contributed by atoms with E-state index < -0.39 is 5.97 Å². The van der Waals surface area contributed by atoms with Crippen molar-refractivity contribution in [2.45, 2.75) is 37.9 Å². The number of carboxylic acid groups (broad SMARTS) is 1. The van der Waals surface area contributed by atoms with Crippen molar-refractivity contribution in [2.75, 3.05) is 30.3 Å². The minimum absolute atomic E-state index is 0.0849. The Hall–Kier alpha value is -1.54. The van der Waals surface area contributed by atoms with Gasteiger partial charge in [0, 0.05) is 38.2 Å². The van der Waals surface area contributed by atoms with Crippen LogP contribution in [0.25, 0.3) is 0 Å². The molecule has 0 aromatic carbocycles. The Kier molecular flexibility index (Phi) is 6.68. The van der Waals surface area contributed by atoms with Crippen LogP contribution in [0.4, 0.5) is 5.82 Å². The summed E-state index contributed by atoms with van der Waals surface area (Å²) in [6, 6.07) is 1.75. The molecule has 1 saturated heterocycles. The molecule has 0 bridgehead atoms. The predicted molar refractivity (Wildman–Crippen MR) is 93.7 cm³/mol. The minimum atomic E-state index is -0.929. The second kappa shape index (κ2) is 8.53. The van der Waals surface area contributed by atoms with E-state index >= 15 is 0 Å². The summed E-state index contributed by atoms with van der Waals surface area (Å²) in [5.41, 5.74) is 0. The zero-order chi connectivity index (χ0) is 17.7. The molecule has 0 unspecified atom stereocenters. The smallest absolute Gasteiger partial charge is 0.313 e. The lowest BCUT2D eigenvalue weighted by atomic mass is 10.1. The van der Waals surface area contributed by atoms with E-state index in [1.807, 2.05) is 18.7 Å². The number of rotatable bonds is 6. The number of carbonyl (C=O) groups is 2. The predicted octanol–water partition coefficient (Wildman–Crippen LogP) is 2.14. The fourth-order valence-corrected chi connectivity index (χ4v) is 3.43. The van der Waals surface area contributed by atoms with Gasteiger partial charge >= 0.3 is 5.97 Å². The van der Waals surface area contributed by atoms with Crippen LogP contribution in [0, 0.1) is 0 Å². The second-order valence-electron chi connectivity index (χ2n) is 5.65. The molecule has 1 aliphatic rings. The third kappa shape index (κ3) is 4.98. The number of hydrogen-bond donors (Lipinski definition) is 1. The van der Waals surface area contributed by atoms with Crippen LogP contribution >= 0.6 is 23.4 Å². The number of halogens is 1. The third-order valence-electron chi connectivity index (χ3n) is 3.72. The molecule has 2 rings (SSSR count). The van der Waals surface area contributed by atoms with E-state index in [4.69, 9.17) is 16.7 Å². The van der Waals surface area contributed by atoms with Crippen molar-refractivity contribution >= 4 is 41.1 Å². The van der Waals surface area contributed by atoms with Gasteiger partial charge in [0.2, 0.25) is 5.91 Å². The number of carbonyl (C=O) groups excluding carboxylic acids is 1. The van der Waals surface area contributed by atoms with Gasteiger partial charge in [-0.2, -0.15) is 0 Å². The standard InChI is InChI=1S/C15H21ClN4O3S/c1-3-4-13(21)20-6-5-19(8-10(20)2)12-7-11(16)17-15(18-12)24-9-14(22)23/h7,10H,3-6,8-9H2,1-2H3,(H,22,23)/t10-/m1/s1. The normalized spacial score (nSPS) is 17.9. The average molecular weight is 373 g/mol. The first kappa shape index (κ1) is 18.8. The third-order valence-corrected chi connectivity index (χ3v) is 4.75. The van der Waals surface area contributed by atoms with Crippen molar-refractivity contribution in [1.29, 1.82) is 0 Å². The summed E-state index contributed by atoms with van der Waals surface area (Å²) in [7, 11) is 0. The number of piperazine rings is 1. The molecule has 1 aromatic heterocycles. The van der Waals surface area contributed by atoms with Gasteiger partial charge in [-0.3, -0.25) is 9.59 Å². The van der Waals surface area contributed by atoms with Crippen LogP contribution in [0.5, 0.6) is 0 Å². The van der Waals surface area contributed by atoms with Gasteiger partial charge in [0.25, 0.3) is 0 Å². The summed E-state index contributed by atoms with van der Waals surface area (Å²) in [5.74, 6) is -0.197. The lowest BCUT2D eigenvalue weighted by Crippen LogP contribution is -2.54. The molecule has 24 heavy (non-hydrogen) atoms. The first-order valence-electron chi connectivity index (χ1n) is 7.84. The molecule has 1 N–H and O–H groups in total. The molecule has 0 spiro atoms.